The average Bonchev–Trinajstić information content (AvgIpc) is 2.45. The van der Waals surface area contributed by atoms with E-state index in [0.29, 0.717) is 0 Å². The summed E-state index contributed by atoms with van der Waals surface area (Å²) in [4.78, 5) is 0. The van der Waals surface area contributed by atoms with E-state index < -0.39 is 0 Å². The zero-order chi connectivity index (χ0) is 7.84. The molecule has 56 valence electrons. The van der Waals surface area contributed by atoms with Crippen molar-refractivity contribution in [3.8, 4) is 0 Å². The Morgan fingerprint density at radius 1 is 1.18 bits per heavy atom. The molecule has 2 aromatic heterocycles. The van der Waals surface area contributed by atoms with Crippen molar-refractivity contribution in [3.05, 3.63) is 17.6 Å². The highest BCUT2D eigenvalue weighted by Crippen LogP contribution is 2.16. The van der Waals surface area contributed by atoms with Crippen LogP contribution < -0.4 is 0 Å². The van der Waals surface area contributed by atoms with Gasteiger partial charge in [-0.2, -0.15) is 10.2 Å². The van der Waals surface area contributed by atoms with Crippen LogP contribution in [0.4, 0.5) is 0 Å². The minimum absolute atomic E-state index is 0.734. The summed E-state index contributed by atoms with van der Waals surface area (Å²) < 4.78 is 4.98. The highest BCUT2D eigenvalue weighted by Gasteiger charge is 2.06. The van der Waals surface area contributed by atoms with E-state index in [1.807, 2.05) is 13.8 Å². The molecule has 0 amide bonds. The number of hydrogen-bond acceptors (Lipinski definition) is 4. The first-order valence-electron chi connectivity index (χ1n) is 3.33. The van der Waals surface area contributed by atoms with Gasteiger partial charge in [0, 0.05) is 0 Å². The number of fused-ring (bicyclic) bond motifs is 1. The van der Waals surface area contributed by atoms with Gasteiger partial charge in [-0.3, -0.25) is 0 Å². The predicted molar refractivity (Wildman–Crippen MR) is 39.1 cm³/mol. The van der Waals surface area contributed by atoms with E-state index in [2.05, 4.69) is 15.4 Å². The van der Waals surface area contributed by atoms with Crippen LogP contribution in [-0.4, -0.2) is 15.4 Å². The fourth-order valence-corrected chi connectivity index (χ4v) is 1.01. The standard InChI is InChI=1S/C7H7N3O/c1-4-6-3-8-11-7(6)5(2)10-9-4/h3H,1-2H3. The summed E-state index contributed by atoms with van der Waals surface area (Å²) in [5.41, 5.74) is 2.37. The van der Waals surface area contributed by atoms with Crippen molar-refractivity contribution < 1.29 is 4.52 Å². The third kappa shape index (κ3) is 0.790. The number of hydrogen-bond donors (Lipinski definition) is 0. The number of nitrogens with zero attached hydrogens (tertiary/aromatic N) is 3. The minimum Gasteiger partial charge on any atom is -0.354 e. The molecule has 0 spiro atoms. The van der Waals surface area contributed by atoms with Gasteiger partial charge in [-0.1, -0.05) is 5.16 Å². The molecule has 0 bridgehead atoms. The van der Waals surface area contributed by atoms with Crippen molar-refractivity contribution in [3.63, 3.8) is 0 Å². The van der Waals surface area contributed by atoms with E-state index in [-0.39, 0.29) is 0 Å². The molecule has 0 aliphatic heterocycles. The second-order valence-electron chi connectivity index (χ2n) is 2.44. The van der Waals surface area contributed by atoms with Crippen LogP contribution in [0.5, 0.6) is 0 Å². The molecule has 0 atom stereocenters. The summed E-state index contributed by atoms with van der Waals surface area (Å²) in [7, 11) is 0. The van der Waals surface area contributed by atoms with Gasteiger partial charge in [0.05, 0.1) is 17.3 Å². The van der Waals surface area contributed by atoms with E-state index in [1.54, 1.807) is 6.20 Å². The summed E-state index contributed by atoms with van der Waals surface area (Å²) in [6.45, 7) is 3.73. The van der Waals surface area contributed by atoms with Gasteiger partial charge >= 0.3 is 0 Å². The Morgan fingerprint density at radius 3 is 2.64 bits per heavy atom. The molecule has 0 aliphatic carbocycles. The molecule has 0 N–H and O–H groups in total. The summed E-state index contributed by atoms with van der Waals surface area (Å²) >= 11 is 0. The third-order valence-electron chi connectivity index (χ3n) is 1.64. The molecule has 4 nitrogen and oxygen atoms in total. The van der Waals surface area contributed by atoms with Gasteiger partial charge in [-0.25, -0.2) is 0 Å². The van der Waals surface area contributed by atoms with Gasteiger partial charge < -0.3 is 4.52 Å². The fourth-order valence-electron chi connectivity index (χ4n) is 1.01. The molecule has 4 heteroatoms. The first-order valence-corrected chi connectivity index (χ1v) is 3.33. The van der Waals surface area contributed by atoms with E-state index in [9.17, 15) is 0 Å². The molecule has 0 unspecified atom stereocenters. The Bertz CT molecular complexity index is 357. The van der Waals surface area contributed by atoms with Crippen molar-refractivity contribution in [2.75, 3.05) is 0 Å². The maximum atomic E-state index is 4.98. The van der Waals surface area contributed by atoms with E-state index >= 15 is 0 Å². The molecule has 0 aromatic carbocycles. The molecular weight excluding hydrogens is 142 g/mol. The van der Waals surface area contributed by atoms with Crippen LogP contribution >= 0.6 is 0 Å². The Balaban J connectivity index is 2.96. The fraction of sp³-hybridized carbons (Fsp3) is 0.286. The van der Waals surface area contributed by atoms with Gasteiger partial charge in [0.1, 0.15) is 5.69 Å². The summed E-state index contributed by atoms with van der Waals surface area (Å²) in [5, 5.41) is 12.4. The zero-order valence-corrected chi connectivity index (χ0v) is 6.33. The average molecular weight is 149 g/mol. The van der Waals surface area contributed by atoms with Crippen LogP contribution in [0.3, 0.4) is 0 Å². The van der Waals surface area contributed by atoms with Crippen molar-refractivity contribution in [1.82, 2.24) is 15.4 Å². The predicted octanol–water partition coefficient (Wildman–Crippen LogP) is 1.23. The molecule has 2 rings (SSSR count). The van der Waals surface area contributed by atoms with Crippen LogP contribution in [-0.2, 0) is 0 Å². The zero-order valence-electron chi connectivity index (χ0n) is 6.33. The third-order valence-corrected chi connectivity index (χ3v) is 1.64. The SMILES string of the molecule is Cc1nnc(C)c2oncc12. The summed E-state index contributed by atoms with van der Waals surface area (Å²) in [5.74, 6) is 0. The maximum Gasteiger partial charge on any atom is 0.191 e. The summed E-state index contributed by atoms with van der Waals surface area (Å²) in [6.07, 6.45) is 1.66. The van der Waals surface area contributed by atoms with Gasteiger partial charge in [0.2, 0.25) is 0 Å². The number of rotatable bonds is 0. The van der Waals surface area contributed by atoms with Crippen LogP contribution in [0.1, 0.15) is 11.4 Å². The van der Waals surface area contributed by atoms with Crippen molar-refractivity contribution in [2.24, 2.45) is 0 Å². The molecule has 0 saturated heterocycles. The smallest absolute Gasteiger partial charge is 0.191 e. The second-order valence-corrected chi connectivity index (χ2v) is 2.44. The molecule has 0 radical (unpaired) electrons. The lowest BCUT2D eigenvalue weighted by molar-refractivity contribution is 0.453. The monoisotopic (exact) mass is 149 g/mol. The molecule has 11 heavy (non-hydrogen) atoms. The molecule has 0 saturated carbocycles. The Kier molecular flexibility index (Phi) is 1.15. The first-order chi connectivity index (χ1) is 5.29. The first kappa shape index (κ1) is 6.27. The molecule has 0 aliphatic rings. The van der Waals surface area contributed by atoms with Crippen molar-refractivity contribution >= 4 is 11.0 Å². The second kappa shape index (κ2) is 2.02. The van der Waals surface area contributed by atoms with Crippen molar-refractivity contribution in [1.29, 1.82) is 0 Å². The van der Waals surface area contributed by atoms with Crippen LogP contribution in [0.2, 0.25) is 0 Å². The lowest BCUT2D eigenvalue weighted by atomic mass is 10.2. The van der Waals surface area contributed by atoms with Crippen LogP contribution in [0.15, 0.2) is 10.7 Å². The number of aromatic nitrogens is 3. The van der Waals surface area contributed by atoms with E-state index in [1.165, 1.54) is 0 Å². The maximum absolute atomic E-state index is 4.98. The van der Waals surface area contributed by atoms with Crippen molar-refractivity contribution in [2.45, 2.75) is 13.8 Å². The van der Waals surface area contributed by atoms with Crippen LogP contribution in [0.25, 0.3) is 11.0 Å². The minimum atomic E-state index is 0.734. The van der Waals surface area contributed by atoms with Gasteiger partial charge in [-0.15, -0.1) is 0 Å². The van der Waals surface area contributed by atoms with Gasteiger partial charge in [-0.05, 0) is 13.8 Å². The molecule has 2 heterocycles. The topological polar surface area (TPSA) is 51.8 Å². The molecule has 0 fully saturated rings. The Labute approximate surface area is 63.2 Å². The van der Waals surface area contributed by atoms with Gasteiger partial charge in [0.25, 0.3) is 0 Å². The van der Waals surface area contributed by atoms with E-state index in [4.69, 9.17) is 4.52 Å². The molecular formula is C7H7N3O. The largest absolute Gasteiger partial charge is 0.354 e. The normalized spacial score (nSPS) is 10.7. The Hall–Kier alpha value is -1.45. The highest BCUT2D eigenvalue weighted by atomic mass is 16.5. The van der Waals surface area contributed by atoms with E-state index in [0.717, 1.165) is 22.4 Å². The Morgan fingerprint density at radius 2 is 1.91 bits per heavy atom. The lowest BCUT2D eigenvalue weighted by Crippen LogP contribution is -1.89. The molecule has 2 aromatic rings. The quantitative estimate of drug-likeness (QED) is 0.565. The lowest BCUT2D eigenvalue weighted by Gasteiger charge is -1.92. The summed E-state index contributed by atoms with van der Waals surface area (Å²) in [6, 6.07) is 0. The highest BCUT2D eigenvalue weighted by molar-refractivity contribution is 5.79. The van der Waals surface area contributed by atoms with Crippen LogP contribution in [0, 0.1) is 13.8 Å². The van der Waals surface area contributed by atoms with Gasteiger partial charge in [0.15, 0.2) is 5.58 Å². The number of aryl methyl sites for hydroxylation is 2.